The summed E-state index contributed by atoms with van der Waals surface area (Å²) in [5.74, 6) is 2.45. The van der Waals surface area contributed by atoms with Gasteiger partial charge in [0.1, 0.15) is 0 Å². The summed E-state index contributed by atoms with van der Waals surface area (Å²) in [6.07, 6.45) is 8.48. The minimum Gasteiger partial charge on any atom is -0.249 e. The lowest BCUT2D eigenvalue weighted by Gasteiger charge is -2.21. The smallest absolute Gasteiger partial charge is 0.0839 e. The minimum atomic E-state index is 0.625. The van der Waals surface area contributed by atoms with Crippen molar-refractivity contribution >= 4 is 11.6 Å². The number of fused-ring (bicyclic) bond motifs is 2. The molecule has 2 aliphatic carbocycles. The summed E-state index contributed by atoms with van der Waals surface area (Å²) in [7, 11) is 0. The molecule has 0 spiro atoms. The van der Waals surface area contributed by atoms with Gasteiger partial charge in [-0.15, -0.1) is 16.7 Å². The van der Waals surface area contributed by atoms with Crippen LogP contribution in [0.15, 0.2) is 6.20 Å². The van der Waals surface area contributed by atoms with Crippen LogP contribution in [0.3, 0.4) is 0 Å². The minimum absolute atomic E-state index is 0.625. The molecule has 2 aliphatic rings. The Kier molecular flexibility index (Phi) is 2.43. The summed E-state index contributed by atoms with van der Waals surface area (Å²) in [6, 6.07) is 0.625. The van der Waals surface area contributed by atoms with Crippen LogP contribution in [0.5, 0.6) is 0 Å². The second-order valence-electron chi connectivity index (χ2n) is 4.87. The first-order chi connectivity index (χ1) is 7.36. The number of hydrogen-bond acceptors (Lipinski definition) is 2. The molecular weight excluding hydrogens is 210 g/mol. The third-order valence-corrected chi connectivity index (χ3v) is 4.14. The number of halogens is 1. The zero-order valence-corrected chi connectivity index (χ0v) is 9.53. The van der Waals surface area contributed by atoms with E-state index in [0.29, 0.717) is 11.9 Å². The van der Waals surface area contributed by atoms with E-state index in [-0.39, 0.29) is 0 Å². The molecule has 0 N–H and O–H groups in total. The molecule has 0 radical (unpaired) electrons. The average Bonchev–Trinajstić information content (AvgIpc) is 2.91. The molecule has 3 unspecified atom stereocenters. The van der Waals surface area contributed by atoms with E-state index in [1.807, 2.05) is 0 Å². The number of aromatic nitrogens is 3. The van der Waals surface area contributed by atoms with Crippen molar-refractivity contribution in [3.63, 3.8) is 0 Å². The van der Waals surface area contributed by atoms with Gasteiger partial charge in [-0.2, -0.15) is 0 Å². The van der Waals surface area contributed by atoms with Crippen molar-refractivity contribution in [1.29, 1.82) is 0 Å². The predicted octanol–water partition coefficient (Wildman–Crippen LogP) is 2.42. The van der Waals surface area contributed by atoms with Crippen LogP contribution in [0.4, 0.5) is 0 Å². The summed E-state index contributed by atoms with van der Waals surface area (Å²) in [4.78, 5) is 0. The maximum Gasteiger partial charge on any atom is 0.0839 e. The largest absolute Gasteiger partial charge is 0.249 e. The first kappa shape index (κ1) is 9.64. The summed E-state index contributed by atoms with van der Waals surface area (Å²) in [5, 5.41) is 8.41. The van der Waals surface area contributed by atoms with Crippen molar-refractivity contribution in [3.8, 4) is 0 Å². The van der Waals surface area contributed by atoms with Gasteiger partial charge >= 0.3 is 0 Å². The molecule has 0 aromatic carbocycles. The Hall–Kier alpha value is -0.570. The Morgan fingerprint density at radius 1 is 1.40 bits per heavy atom. The normalized spacial score (nSPS) is 33.8. The Labute approximate surface area is 94.8 Å². The van der Waals surface area contributed by atoms with E-state index in [4.69, 9.17) is 11.6 Å². The fourth-order valence-corrected chi connectivity index (χ4v) is 3.42. The van der Waals surface area contributed by atoms with Crippen LogP contribution >= 0.6 is 11.6 Å². The zero-order valence-electron chi connectivity index (χ0n) is 8.77. The third-order valence-electron chi connectivity index (χ3n) is 3.95. The number of aryl methyl sites for hydroxylation is 1. The highest BCUT2D eigenvalue weighted by atomic mass is 35.5. The Morgan fingerprint density at radius 2 is 2.33 bits per heavy atom. The second-order valence-corrected chi connectivity index (χ2v) is 5.25. The maximum absolute atomic E-state index is 5.69. The maximum atomic E-state index is 5.69. The molecular formula is C11H16ClN3. The van der Waals surface area contributed by atoms with Crippen LogP contribution in [0, 0.1) is 11.8 Å². The monoisotopic (exact) mass is 225 g/mol. The molecule has 0 amide bonds. The van der Waals surface area contributed by atoms with Crippen LogP contribution in [-0.4, -0.2) is 20.9 Å². The molecule has 1 aromatic heterocycles. The van der Waals surface area contributed by atoms with Gasteiger partial charge in [0.15, 0.2) is 0 Å². The van der Waals surface area contributed by atoms with E-state index < -0.39 is 0 Å². The third kappa shape index (κ3) is 1.67. The van der Waals surface area contributed by atoms with Gasteiger partial charge in [0.05, 0.1) is 11.7 Å². The Bertz CT molecular complexity index is 349. The molecule has 2 fully saturated rings. The van der Waals surface area contributed by atoms with E-state index in [2.05, 4.69) is 21.2 Å². The molecule has 2 bridgehead atoms. The van der Waals surface area contributed by atoms with Gasteiger partial charge in [-0.05, 0) is 31.1 Å². The van der Waals surface area contributed by atoms with Gasteiger partial charge < -0.3 is 0 Å². The van der Waals surface area contributed by atoms with Gasteiger partial charge in [0.2, 0.25) is 0 Å². The van der Waals surface area contributed by atoms with Crippen molar-refractivity contribution in [2.45, 2.75) is 38.1 Å². The van der Waals surface area contributed by atoms with Gasteiger partial charge in [0, 0.05) is 18.5 Å². The predicted molar refractivity (Wildman–Crippen MR) is 58.9 cm³/mol. The van der Waals surface area contributed by atoms with Crippen LogP contribution in [0.2, 0.25) is 0 Å². The number of rotatable bonds is 3. The van der Waals surface area contributed by atoms with Crippen LogP contribution < -0.4 is 0 Å². The lowest BCUT2D eigenvalue weighted by Crippen LogP contribution is -2.16. The standard InChI is InChI=1S/C11H16ClN3/c12-4-3-10-7-15(14-13-10)11-6-8-1-2-9(11)5-8/h7-9,11H,1-6H2. The van der Waals surface area contributed by atoms with Crippen molar-refractivity contribution in [2.75, 3.05) is 5.88 Å². The number of nitrogens with zero attached hydrogens (tertiary/aromatic N) is 3. The molecule has 4 heteroatoms. The van der Waals surface area contributed by atoms with Crippen molar-refractivity contribution in [2.24, 2.45) is 11.8 Å². The van der Waals surface area contributed by atoms with Crippen molar-refractivity contribution in [1.82, 2.24) is 15.0 Å². The number of hydrogen-bond donors (Lipinski definition) is 0. The Morgan fingerprint density at radius 3 is 3.00 bits per heavy atom. The lowest BCUT2D eigenvalue weighted by molar-refractivity contribution is 0.302. The lowest BCUT2D eigenvalue weighted by atomic mass is 9.95. The van der Waals surface area contributed by atoms with Crippen molar-refractivity contribution in [3.05, 3.63) is 11.9 Å². The average molecular weight is 226 g/mol. The van der Waals surface area contributed by atoms with Gasteiger partial charge in [-0.1, -0.05) is 11.6 Å². The fraction of sp³-hybridized carbons (Fsp3) is 0.818. The van der Waals surface area contributed by atoms with Gasteiger partial charge in [-0.25, -0.2) is 4.68 Å². The molecule has 0 aliphatic heterocycles. The first-order valence-electron chi connectivity index (χ1n) is 5.83. The van der Waals surface area contributed by atoms with Crippen molar-refractivity contribution < 1.29 is 0 Å². The molecule has 15 heavy (non-hydrogen) atoms. The van der Waals surface area contributed by atoms with E-state index in [0.717, 1.165) is 24.0 Å². The summed E-state index contributed by atoms with van der Waals surface area (Å²) < 4.78 is 2.09. The molecule has 3 nitrogen and oxygen atoms in total. The molecule has 1 aromatic rings. The highest BCUT2D eigenvalue weighted by Crippen LogP contribution is 2.50. The summed E-state index contributed by atoms with van der Waals surface area (Å²) in [6.45, 7) is 0. The highest BCUT2D eigenvalue weighted by Gasteiger charge is 2.40. The zero-order chi connectivity index (χ0) is 10.3. The quantitative estimate of drug-likeness (QED) is 0.740. The Balaban J connectivity index is 1.75. The highest BCUT2D eigenvalue weighted by molar-refractivity contribution is 6.17. The molecule has 82 valence electrons. The van der Waals surface area contributed by atoms with E-state index in [1.165, 1.54) is 25.7 Å². The molecule has 1 heterocycles. The molecule has 3 atom stereocenters. The molecule has 2 saturated carbocycles. The SMILES string of the molecule is ClCCc1cn(C2CC3CCC2C3)nn1. The number of alkyl halides is 1. The topological polar surface area (TPSA) is 30.7 Å². The van der Waals surface area contributed by atoms with Gasteiger partial charge in [0.25, 0.3) is 0 Å². The van der Waals surface area contributed by atoms with E-state index in [9.17, 15) is 0 Å². The fourth-order valence-electron chi connectivity index (χ4n) is 3.22. The first-order valence-corrected chi connectivity index (χ1v) is 6.37. The van der Waals surface area contributed by atoms with Crippen LogP contribution in [-0.2, 0) is 6.42 Å². The van der Waals surface area contributed by atoms with Gasteiger partial charge in [-0.3, -0.25) is 0 Å². The van der Waals surface area contributed by atoms with Crippen LogP contribution in [0.1, 0.15) is 37.4 Å². The van der Waals surface area contributed by atoms with E-state index >= 15 is 0 Å². The molecule has 3 rings (SSSR count). The summed E-state index contributed by atoms with van der Waals surface area (Å²) >= 11 is 5.69. The van der Waals surface area contributed by atoms with E-state index in [1.54, 1.807) is 0 Å². The van der Waals surface area contributed by atoms with Crippen LogP contribution in [0.25, 0.3) is 0 Å². The second kappa shape index (κ2) is 3.78. The molecule has 0 saturated heterocycles. The summed E-state index contributed by atoms with van der Waals surface area (Å²) in [5.41, 5.74) is 1.03.